The number of likely N-dealkylation sites (tertiary alicyclic amines) is 1. The van der Waals surface area contributed by atoms with Crippen LogP contribution in [0.1, 0.15) is 43.5 Å². The van der Waals surface area contributed by atoms with Gasteiger partial charge in [0, 0.05) is 17.5 Å². The lowest BCUT2D eigenvalue weighted by Crippen LogP contribution is -2.56. The fraction of sp³-hybridized carbons (Fsp3) is 0.345. The molecule has 1 saturated heterocycles. The molecule has 2 heterocycles. The van der Waals surface area contributed by atoms with E-state index in [4.69, 9.17) is 5.11 Å². The smallest absolute Gasteiger partial charge is 0.305 e. The normalized spacial score (nSPS) is 16.4. The Kier molecular flexibility index (Phi) is 8.83. The van der Waals surface area contributed by atoms with E-state index in [2.05, 4.69) is 20.8 Å². The lowest BCUT2D eigenvalue weighted by Gasteiger charge is -2.31. The van der Waals surface area contributed by atoms with Crippen molar-refractivity contribution < 1.29 is 29.1 Å². The molecular formula is C29H31N5O6. The van der Waals surface area contributed by atoms with E-state index in [1.165, 1.54) is 4.90 Å². The van der Waals surface area contributed by atoms with Gasteiger partial charge < -0.3 is 25.4 Å². The Hall–Kier alpha value is -4.67. The minimum Gasteiger partial charge on any atom is -0.481 e. The Bertz CT molecular complexity index is 1430. The highest BCUT2D eigenvalue weighted by Gasteiger charge is 2.39. The predicted molar refractivity (Wildman–Crippen MR) is 146 cm³/mol. The van der Waals surface area contributed by atoms with Gasteiger partial charge in [-0.3, -0.25) is 19.2 Å². The second-order valence-corrected chi connectivity index (χ2v) is 10.0. The SMILES string of the molecule is CC(C)[C@H](NC(=O)c1c(-c2ccccc2)nnc2ccccc12)C(=O)N1CCC[C@H]1C(=O)N[C@H](C=O)CC(=O)O. The Balaban J connectivity index is 1.61. The van der Waals surface area contributed by atoms with Crippen molar-refractivity contribution in [3.05, 3.63) is 60.2 Å². The van der Waals surface area contributed by atoms with Crippen LogP contribution in [-0.2, 0) is 19.2 Å². The highest BCUT2D eigenvalue weighted by Crippen LogP contribution is 2.28. The Labute approximate surface area is 231 Å². The van der Waals surface area contributed by atoms with Crippen LogP contribution >= 0.6 is 0 Å². The minimum absolute atomic E-state index is 0.286. The maximum absolute atomic E-state index is 13.9. The van der Waals surface area contributed by atoms with E-state index in [0.717, 1.165) is 0 Å². The molecule has 3 aromatic rings. The molecule has 1 fully saturated rings. The molecule has 11 nitrogen and oxygen atoms in total. The number of carbonyl (C=O) groups is 5. The summed E-state index contributed by atoms with van der Waals surface area (Å²) in [5, 5.41) is 23.5. The first kappa shape index (κ1) is 28.3. The molecular weight excluding hydrogens is 514 g/mol. The fourth-order valence-electron chi connectivity index (χ4n) is 4.89. The molecule has 1 aromatic heterocycles. The largest absolute Gasteiger partial charge is 0.481 e. The second-order valence-electron chi connectivity index (χ2n) is 10.0. The van der Waals surface area contributed by atoms with Gasteiger partial charge in [0.15, 0.2) is 0 Å². The number of carbonyl (C=O) groups excluding carboxylic acids is 4. The number of benzene rings is 2. The molecule has 4 rings (SSSR count). The predicted octanol–water partition coefficient (Wildman–Crippen LogP) is 2.20. The number of amides is 3. The molecule has 3 amide bonds. The molecule has 11 heteroatoms. The van der Waals surface area contributed by atoms with Gasteiger partial charge in [0.05, 0.1) is 23.5 Å². The molecule has 0 radical (unpaired) electrons. The molecule has 1 aliphatic heterocycles. The molecule has 3 N–H and O–H groups in total. The fourth-order valence-corrected chi connectivity index (χ4v) is 4.89. The third-order valence-electron chi connectivity index (χ3n) is 6.89. The summed E-state index contributed by atoms with van der Waals surface area (Å²) in [5.74, 6) is -3.09. The second kappa shape index (κ2) is 12.5. The lowest BCUT2D eigenvalue weighted by molar-refractivity contribution is -0.142. The van der Waals surface area contributed by atoms with Gasteiger partial charge in [-0.2, -0.15) is 0 Å². The van der Waals surface area contributed by atoms with E-state index in [-0.39, 0.29) is 18.0 Å². The van der Waals surface area contributed by atoms with Crippen molar-refractivity contribution >= 4 is 40.9 Å². The first-order valence-corrected chi connectivity index (χ1v) is 13.1. The van der Waals surface area contributed by atoms with Crippen LogP contribution in [0.25, 0.3) is 22.2 Å². The number of nitrogens with one attached hydrogen (secondary N) is 2. The minimum atomic E-state index is -1.23. The Morgan fingerprint density at radius 3 is 2.40 bits per heavy atom. The zero-order valence-electron chi connectivity index (χ0n) is 22.2. The molecule has 208 valence electrons. The summed E-state index contributed by atoms with van der Waals surface area (Å²) in [6.07, 6.45) is 0.705. The van der Waals surface area contributed by atoms with Crippen molar-refractivity contribution in [1.29, 1.82) is 0 Å². The number of hydrogen-bond acceptors (Lipinski definition) is 7. The Morgan fingerprint density at radius 2 is 1.73 bits per heavy atom. The average Bonchev–Trinajstić information content (AvgIpc) is 3.45. The molecule has 1 aliphatic rings. The third kappa shape index (κ3) is 6.14. The molecule has 0 unspecified atom stereocenters. The maximum atomic E-state index is 13.9. The van der Waals surface area contributed by atoms with Crippen molar-refractivity contribution in [1.82, 2.24) is 25.7 Å². The molecule has 0 aliphatic carbocycles. The van der Waals surface area contributed by atoms with Crippen molar-refractivity contribution in [2.24, 2.45) is 5.92 Å². The monoisotopic (exact) mass is 545 g/mol. The zero-order valence-corrected chi connectivity index (χ0v) is 22.2. The molecule has 2 aromatic carbocycles. The van der Waals surface area contributed by atoms with Crippen molar-refractivity contribution in [3.63, 3.8) is 0 Å². The number of carboxylic acids is 1. The quantitative estimate of drug-likeness (QED) is 0.327. The molecule has 40 heavy (non-hydrogen) atoms. The molecule has 0 spiro atoms. The first-order chi connectivity index (χ1) is 19.2. The summed E-state index contributed by atoms with van der Waals surface area (Å²) in [5.41, 5.74) is 1.89. The Morgan fingerprint density at radius 1 is 1.02 bits per heavy atom. The maximum Gasteiger partial charge on any atom is 0.305 e. The van der Waals surface area contributed by atoms with Crippen LogP contribution in [0.4, 0.5) is 0 Å². The van der Waals surface area contributed by atoms with Gasteiger partial charge in [-0.25, -0.2) is 0 Å². The number of hydrogen-bond donors (Lipinski definition) is 3. The van der Waals surface area contributed by atoms with E-state index in [1.54, 1.807) is 38.1 Å². The highest BCUT2D eigenvalue weighted by molar-refractivity contribution is 6.11. The van der Waals surface area contributed by atoms with E-state index in [9.17, 15) is 24.0 Å². The van der Waals surface area contributed by atoms with E-state index >= 15 is 0 Å². The standard InChI is InChI=1S/C29H31N5O6/c1-17(2)25(29(40)34-14-8-13-22(34)27(38)30-19(16-35)15-23(36)37)31-28(39)24-20-11-6-7-12-21(20)32-33-26(24)18-9-4-3-5-10-18/h3-7,9-12,16-17,19,22,25H,8,13-15H2,1-2H3,(H,30,38)(H,31,39)(H,36,37)/t19-,22-,25-/m0/s1. The van der Waals surface area contributed by atoms with Gasteiger partial charge >= 0.3 is 5.97 Å². The summed E-state index contributed by atoms with van der Waals surface area (Å²) < 4.78 is 0. The summed E-state index contributed by atoms with van der Waals surface area (Å²) in [4.78, 5) is 64.2. The van der Waals surface area contributed by atoms with Crippen LogP contribution in [0, 0.1) is 5.92 Å². The number of aldehydes is 1. The molecule has 0 bridgehead atoms. The number of aliphatic carboxylic acids is 1. The van der Waals surface area contributed by atoms with Crippen molar-refractivity contribution in [2.75, 3.05) is 6.54 Å². The van der Waals surface area contributed by atoms with Crippen LogP contribution in [0.5, 0.6) is 0 Å². The summed E-state index contributed by atoms with van der Waals surface area (Å²) in [7, 11) is 0. The van der Waals surface area contributed by atoms with Gasteiger partial charge in [-0.15, -0.1) is 10.2 Å². The van der Waals surface area contributed by atoms with Crippen molar-refractivity contribution in [3.8, 4) is 11.3 Å². The third-order valence-corrected chi connectivity index (χ3v) is 6.89. The van der Waals surface area contributed by atoms with Gasteiger partial charge in [0.1, 0.15) is 24.1 Å². The summed E-state index contributed by atoms with van der Waals surface area (Å²) in [6, 6.07) is 13.2. The number of rotatable bonds is 10. The number of nitrogens with zero attached hydrogens (tertiary/aromatic N) is 3. The van der Waals surface area contributed by atoms with E-state index < -0.39 is 48.2 Å². The topological polar surface area (TPSA) is 159 Å². The number of fused-ring (bicyclic) bond motifs is 1. The van der Waals surface area contributed by atoms with Gasteiger partial charge in [0.25, 0.3) is 5.91 Å². The van der Waals surface area contributed by atoms with Crippen LogP contribution in [-0.4, -0.2) is 74.9 Å². The number of carboxylic acid groups (broad SMARTS) is 1. The van der Waals surface area contributed by atoms with Gasteiger partial charge in [0.2, 0.25) is 11.8 Å². The van der Waals surface area contributed by atoms with E-state index in [0.29, 0.717) is 41.3 Å². The molecule has 3 atom stereocenters. The van der Waals surface area contributed by atoms with Gasteiger partial charge in [-0.05, 0) is 24.8 Å². The van der Waals surface area contributed by atoms with Crippen LogP contribution in [0.3, 0.4) is 0 Å². The average molecular weight is 546 g/mol. The van der Waals surface area contributed by atoms with Crippen LogP contribution in [0.2, 0.25) is 0 Å². The lowest BCUT2D eigenvalue weighted by atomic mass is 9.98. The van der Waals surface area contributed by atoms with Crippen molar-refractivity contribution in [2.45, 2.75) is 51.2 Å². The van der Waals surface area contributed by atoms with Crippen LogP contribution < -0.4 is 10.6 Å². The molecule has 0 saturated carbocycles. The van der Waals surface area contributed by atoms with Crippen LogP contribution in [0.15, 0.2) is 54.6 Å². The van der Waals surface area contributed by atoms with E-state index in [1.807, 2.05) is 30.3 Å². The highest BCUT2D eigenvalue weighted by atomic mass is 16.4. The zero-order chi connectivity index (χ0) is 28.8. The van der Waals surface area contributed by atoms with Gasteiger partial charge in [-0.1, -0.05) is 62.4 Å². The number of aromatic nitrogens is 2. The summed E-state index contributed by atoms with van der Waals surface area (Å²) in [6.45, 7) is 3.88. The first-order valence-electron chi connectivity index (χ1n) is 13.1. The summed E-state index contributed by atoms with van der Waals surface area (Å²) >= 11 is 0.